The summed E-state index contributed by atoms with van der Waals surface area (Å²) >= 11 is 0. The second kappa shape index (κ2) is 8.10. The third kappa shape index (κ3) is 3.83. The number of nitrogens with zero attached hydrogens (tertiary/aromatic N) is 4. The van der Waals surface area contributed by atoms with Gasteiger partial charge in [0.25, 0.3) is 5.91 Å². The van der Waals surface area contributed by atoms with Crippen molar-refractivity contribution in [1.29, 1.82) is 0 Å². The lowest BCUT2D eigenvalue weighted by Crippen LogP contribution is -2.41. The standard InChI is InChI=1S/C23H24N4O3/c1-15(28)17-9-11-18(12-10-17)30-16(2)23(29)27-14-6-13-26(3)21-22(27)25-20-8-5-4-7-19(20)24-21/h4-5,7-12,16H,6,13-14H2,1-3H3/t16-/m1/s1. The first-order valence-electron chi connectivity index (χ1n) is 10.0. The van der Waals surface area contributed by atoms with Gasteiger partial charge < -0.3 is 9.64 Å². The molecule has 0 unspecified atom stereocenters. The molecule has 1 amide bonds. The highest BCUT2D eigenvalue weighted by Gasteiger charge is 2.30. The minimum atomic E-state index is -0.710. The van der Waals surface area contributed by atoms with E-state index in [1.807, 2.05) is 36.2 Å². The van der Waals surface area contributed by atoms with Crippen molar-refractivity contribution >= 4 is 34.4 Å². The van der Waals surface area contributed by atoms with Crippen LogP contribution in [0.3, 0.4) is 0 Å². The molecule has 1 aliphatic heterocycles. The predicted octanol–water partition coefficient (Wildman–Crippen LogP) is 3.47. The van der Waals surface area contributed by atoms with Crippen LogP contribution in [0.25, 0.3) is 11.0 Å². The molecule has 0 radical (unpaired) electrons. The van der Waals surface area contributed by atoms with Crippen LogP contribution in [0.1, 0.15) is 30.6 Å². The molecule has 7 heteroatoms. The number of ketones is 1. The number of carbonyl (C=O) groups is 2. The summed E-state index contributed by atoms with van der Waals surface area (Å²) in [6.45, 7) is 4.57. The average Bonchev–Trinajstić information content (AvgIpc) is 2.90. The van der Waals surface area contributed by atoms with E-state index in [4.69, 9.17) is 14.7 Å². The average molecular weight is 404 g/mol. The number of amides is 1. The third-order valence-electron chi connectivity index (χ3n) is 5.21. The van der Waals surface area contributed by atoms with E-state index < -0.39 is 6.10 Å². The molecular formula is C23H24N4O3. The monoisotopic (exact) mass is 404 g/mol. The number of carbonyl (C=O) groups excluding carboxylic acids is 2. The first-order valence-corrected chi connectivity index (χ1v) is 10.0. The van der Waals surface area contributed by atoms with E-state index in [-0.39, 0.29) is 11.7 Å². The van der Waals surface area contributed by atoms with Gasteiger partial charge in [-0.15, -0.1) is 0 Å². The van der Waals surface area contributed by atoms with Gasteiger partial charge in [-0.1, -0.05) is 12.1 Å². The summed E-state index contributed by atoms with van der Waals surface area (Å²) in [4.78, 5) is 38.0. The number of ether oxygens (including phenoxy) is 1. The largest absolute Gasteiger partial charge is 0.481 e. The van der Waals surface area contributed by atoms with Gasteiger partial charge in [-0.05, 0) is 56.7 Å². The Bertz CT molecular complexity index is 1100. The van der Waals surface area contributed by atoms with Gasteiger partial charge in [0, 0.05) is 25.7 Å². The first kappa shape index (κ1) is 19.8. The molecular weight excluding hydrogens is 380 g/mol. The zero-order chi connectivity index (χ0) is 21.3. The highest BCUT2D eigenvalue weighted by molar-refractivity contribution is 5.99. The minimum Gasteiger partial charge on any atom is -0.481 e. The van der Waals surface area contributed by atoms with E-state index in [2.05, 4.69) is 0 Å². The van der Waals surface area contributed by atoms with Crippen molar-refractivity contribution in [1.82, 2.24) is 9.97 Å². The fraction of sp³-hybridized carbons (Fsp3) is 0.304. The molecule has 0 aliphatic carbocycles. The molecule has 1 aliphatic rings. The van der Waals surface area contributed by atoms with Gasteiger partial charge in [0.1, 0.15) is 5.75 Å². The van der Waals surface area contributed by atoms with Gasteiger partial charge >= 0.3 is 0 Å². The molecule has 2 aromatic carbocycles. The van der Waals surface area contributed by atoms with Gasteiger partial charge in [-0.3, -0.25) is 14.5 Å². The molecule has 0 saturated heterocycles. The van der Waals surface area contributed by atoms with E-state index in [0.29, 0.717) is 29.5 Å². The SMILES string of the molecule is CC(=O)c1ccc(O[C@H](C)C(=O)N2CCCN(C)c3nc4ccccc4nc32)cc1. The Morgan fingerprint density at radius 3 is 2.23 bits per heavy atom. The quantitative estimate of drug-likeness (QED) is 0.620. The number of benzene rings is 2. The molecule has 0 saturated carbocycles. The number of Topliss-reactive ketones (excluding diaryl/α,β-unsaturated/α-hetero) is 1. The lowest BCUT2D eigenvalue weighted by molar-refractivity contribution is -0.124. The van der Waals surface area contributed by atoms with Crippen molar-refractivity contribution in [3.05, 3.63) is 54.1 Å². The van der Waals surface area contributed by atoms with Crippen LogP contribution in [0.4, 0.5) is 11.6 Å². The molecule has 1 aromatic heterocycles. The Labute approximate surface area is 175 Å². The van der Waals surface area contributed by atoms with Crippen LogP contribution in [0.2, 0.25) is 0 Å². The predicted molar refractivity (Wildman–Crippen MR) is 116 cm³/mol. The van der Waals surface area contributed by atoms with Gasteiger partial charge in [-0.25, -0.2) is 9.97 Å². The molecule has 2 heterocycles. The van der Waals surface area contributed by atoms with Gasteiger partial charge in [0.2, 0.25) is 0 Å². The number of para-hydroxylation sites is 2. The second-order valence-corrected chi connectivity index (χ2v) is 7.47. The van der Waals surface area contributed by atoms with Crippen LogP contribution in [0.5, 0.6) is 5.75 Å². The summed E-state index contributed by atoms with van der Waals surface area (Å²) in [7, 11) is 1.97. The Hall–Kier alpha value is -3.48. The molecule has 1 atom stereocenters. The highest BCUT2D eigenvalue weighted by atomic mass is 16.5. The van der Waals surface area contributed by atoms with Crippen molar-refractivity contribution in [2.24, 2.45) is 0 Å². The van der Waals surface area contributed by atoms with Gasteiger partial charge in [0.15, 0.2) is 23.5 Å². The summed E-state index contributed by atoms with van der Waals surface area (Å²) in [5, 5.41) is 0. The second-order valence-electron chi connectivity index (χ2n) is 7.47. The van der Waals surface area contributed by atoms with Gasteiger partial charge in [-0.2, -0.15) is 0 Å². The van der Waals surface area contributed by atoms with Crippen molar-refractivity contribution in [3.8, 4) is 5.75 Å². The number of rotatable bonds is 4. The fourth-order valence-corrected chi connectivity index (χ4v) is 3.55. The molecule has 30 heavy (non-hydrogen) atoms. The number of hydrogen-bond acceptors (Lipinski definition) is 6. The zero-order valence-electron chi connectivity index (χ0n) is 17.3. The maximum Gasteiger partial charge on any atom is 0.269 e. The topological polar surface area (TPSA) is 75.6 Å². The Morgan fingerprint density at radius 2 is 1.60 bits per heavy atom. The fourth-order valence-electron chi connectivity index (χ4n) is 3.55. The highest BCUT2D eigenvalue weighted by Crippen LogP contribution is 2.31. The molecule has 0 fully saturated rings. The van der Waals surface area contributed by atoms with Crippen LogP contribution in [-0.4, -0.2) is 47.9 Å². The number of aromatic nitrogens is 2. The maximum atomic E-state index is 13.3. The Morgan fingerprint density at radius 1 is 0.967 bits per heavy atom. The molecule has 154 valence electrons. The van der Waals surface area contributed by atoms with Crippen LogP contribution in [0.15, 0.2) is 48.5 Å². The summed E-state index contributed by atoms with van der Waals surface area (Å²) < 4.78 is 5.87. The minimum absolute atomic E-state index is 0.0123. The lowest BCUT2D eigenvalue weighted by atomic mass is 10.1. The molecule has 0 N–H and O–H groups in total. The Balaban J connectivity index is 1.62. The number of hydrogen-bond donors (Lipinski definition) is 0. The Kier molecular flexibility index (Phi) is 5.35. The van der Waals surface area contributed by atoms with Crippen molar-refractivity contribution in [3.63, 3.8) is 0 Å². The number of anilines is 2. The molecule has 0 spiro atoms. The van der Waals surface area contributed by atoms with Crippen molar-refractivity contribution in [2.75, 3.05) is 29.9 Å². The van der Waals surface area contributed by atoms with E-state index in [9.17, 15) is 9.59 Å². The van der Waals surface area contributed by atoms with E-state index in [0.717, 1.165) is 24.0 Å². The van der Waals surface area contributed by atoms with E-state index in [1.165, 1.54) is 6.92 Å². The van der Waals surface area contributed by atoms with Crippen molar-refractivity contribution in [2.45, 2.75) is 26.4 Å². The van der Waals surface area contributed by atoms with Gasteiger partial charge in [0.05, 0.1) is 11.0 Å². The van der Waals surface area contributed by atoms with Crippen LogP contribution in [-0.2, 0) is 4.79 Å². The maximum absolute atomic E-state index is 13.3. The van der Waals surface area contributed by atoms with Crippen LogP contribution >= 0.6 is 0 Å². The molecule has 7 nitrogen and oxygen atoms in total. The summed E-state index contributed by atoms with van der Waals surface area (Å²) in [5.74, 6) is 1.60. The lowest BCUT2D eigenvalue weighted by Gasteiger charge is -2.25. The number of fused-ring (bicyclic) bond motifs is 2. The summed E-state index contributed by atoms with van der Waals surface area (Å²) in [6, 6.07) is 14.5. The summed E-state index contributed by atoms with van der Waals surface area (Å²) in [6.07, 6.45) is 0.0918. The van der Waals surface area contributed by atoms with Crippen molar-refractivity contribution < 1.29 is 14.3 Å². The van der Waals surface area contributed by atoms with E-state index >= 15 is 0 Å². The van der Waals surface area contributed by atoms with Crippen LogP contribution < -0.4 is 14.5 Å². The zero-order valence-corrected chi connectivity index (χ0v) is 17.3. The van der Waals surface area contributed by atoms with Crippen LogP contribution in [0, 0.1) is 0 Å². The first-order chi connectivity index (χ1) is 14.4. The third-order valence-corrected chi connectivity index (χ3v) is 5.21. The smallest absolute Gasteiger partial charge is 0.269 e. The normalized spacial score (nSPS) is 14.8. The summed E-state index contributed by atoms with van der Waals surface area (Å²) in [5.41, 5.74) is 2.15. The molecule has 3 aromatic rings. The molecule has 4 rings (SSSR count). The molecule has 0 bridgehead atoms. The van der Waals surface area contributed by atoms with E-state index in [1.54, 1.807) is 36.1 Å².